The van der Waals surface area contributed by atoms with Crippen LogP contribution in [-0.2, 0) is 65.4 Å². The van der Waals surface area contributed by atoms with Crippen molar-refractivity contribution < 1.29 is 80.2 Å². The molecule has 0 bridgehead atoms. The zero-order valence-electron chi connectivity index (χ0n) is 58.1. The molecule has 0 saturated carbocycles. The van der Waals surface area contributed by atoms with Crippen LogP contribution in [-0.4, -0.2) is 96.7 Å². The van der Waals surface area contributed by atoms with Crippen LogP contribution in [0.2, 0.25) is 0 Å². The van der Waals surface area contributed by atoms with Crippen LogP contribution in [0, 0.1) is 23.7 Å². The first-order valence-corrected chi connectivity index (χ1v) is 39.2. The highest BCUT2D eigenvalue weighted by molar-refractivity contribution is 7.47. The number of aliphatic hydroxyl groups is 1. The summed E-state index contributed by atoms with van der Waals surface area (Å²) in [4.78, 5) is 72.5. The first kappa shape index (κ1) is 87.1. The van der Waals surface area contributed by atoms with Crippen molar-refractivity contribution in [3.63, 3.8) is 0 Å². The number of unbranched alkanes of at least 4 members (excludes halogenated alkanes) is 32. The smallest absolute Gasteiger partial charge is 0.462 e. The lowest BCUT2D eigenvalue weighted by atomic mass is 9.99. The quantitative estimate of drug-likeness (QED) is 0.0222. The van der Waals surface area contributed by atoms with E-state index in [-0.39, 0.29) is 25.7 Å². The monoisotopic (exact) mass is 1310 g/mol. The molecule has 0 radical (unpaired) electrons. The number of carbonyl (C=O) groups is 4. The summed E-state index contributed by atoms with van der Waals surface area (Å²) in [6, 6.07) is 0. The molecule has 0 saturated heterocycles. The third-order valence-corrected chi connectivity index (χ3v) is 18.3. The number of phosphoric ester groups is 2. The molecule has 3 N–H and O–H groups in total. The number of aliphatic hydroxyl groups excluding tert-OH is 1. The fraction of sp³-hybridized carbons (Fsp3) is 0.943. The minimum absolute atomic E-state index is 0.105. The van der Waals surface area contributed by atoms with E-state index >= 15 is 0 Å². The molecular formula is C70H136O17P2. The van der Waals surface area contributed by atoms with Crippen LogP contribution in [0.1, 0.15) is 344 Å². The zero-order chi connectivity index (χ0) is 66.1. The Labute approximate surface area is 543 Å². The van der Waals surface area contributed by atoms with Crippen molar-refractivity contribution in [2.75, 3.05) is 39.6 Å². The van der Waals surface area contributed by atoms with E-state index < -0.39 is 97.5 Å². The van der Waals surface area contributed by atoms with Gasteiger partial charge in [-0.25, -0.2) is 9.13 Å². The van der Waals surface area contributed by atoms with Crippen LogP contribution in [0.4, 0.5) is 0 Å². The largest absolute Gasteiger partial charge is 0.472 e. The average Bonchev–Trinajstić information content (AvgIpc) is 3.68. The van der Waals surface area contributed by atoms with E-state index in [9.17, 15) is 43.2 Å². The van der Waals surface area contributed by atoms with Crippen molar-refractivity contribution in [2.24, 2.45) is 23.7 Å². The van der Waals surface area contributed by atoms with Gasteiger partial charge in [-0.3, -0.25) is 37.3 Å². The third-order valence-electron chi connectivity index (χ3n) is 16.4. The lowest BCUT2D eigenvalue weighted by molar-refractivity contribution is -0.161. The van der Waals surface area contributed by atoms with Crippen LogP contribution in [0.3, 0.4) is 0 Å². The van der Waals surface area contributed by atoms with E-state index in [1.807, 2.05) is 0 Å². The molecular weight excluding hydrogens is 1170 g/mol. The molecule has 19 heteroatoms. The predicted octanol–water partition coefficient (Wildman–Crippen LogP) is 19.7. The molecule has 17 nitrogen and oxygen atoms in total. The van der Waals surface area contributed by atoms with E-state index in [0.29, 0.717) is 31.6 Å². The molecule has 0 aromatic carbocycles. The predicted molar refractivity (Wildman–Crippen MR) is 358 cm³/mol. The number of phosphoric acid groups is 2. The van der Waals surface area contributed by atoms with Crippen LogP contribution in [0.5, 0.6) is 0 Å². The normalized spacial score (nSPS) is 14.6. The summed E-state index contributed by atoms with van der Waals surface area (Å²) in [5.74, 6) is 0.869. The summed E-state index contributed by atoms with van der Waals surface area (Å²) in [6.45, 7) is 14.1. The van der Waals surface area contributed by atoms with Gasteiger partial charge in [-0.15, -0.1) is 0 Å². The lowest BCUT2D eigenvalue weighted by Crippen LogP contribution is -2.30. The van der Waals surface area contributed by atoms with Gasteiger partial charge >= 0.3 is 39.5 Å². The van der Waals surface area contributed by atoms with Gasteiger partial charge < -0.3 is 33.8 Å². The summed E-state index contributed by atoms with van der Waals surface area (Å²) < 4.78 is 68.3. The first-order valence-electron chi connectivity index (χ1n) is 36.2. The fourth-order valence-corrected chi connectivity index (χ4v) is 12.0. The molecule has 0 aliphatic heterocycles. The van der Waals surface area contributed by atoms with E-state index in [2.05, 4.69) is 55.4 Å². The van der Waals surface area contributed by atoms with E-state index in [4.69, 9.17) is 37.0 Å². The summed E-state index contributed by atoms with van der Waals surface area (Å²) in [6.07, 6.45) is 41.7. The molecule has 0 aliphatic carbocycles. The Morgan fingerprint density at radius 3 is 0.798 bits per heavy atom. The van der Waals surface area contributed by atoms with Crippen molar-refractivity contribution in [2.45, 2.75) is 363 Å². The molecule has 0 fully saturated rings. The third kappa shape index (κ3) is 63.2. The topological polar surface area (TPSA) is 237 Å². The molecule has 4 unspecified atom stereocenters. The minimum Gasteiger partial charge on any atom is -0.462 e. The number of hydrogen-bond acceptors (Lipinski definition) is 15. The Kier molecular flexibility index (Phi) is 58.5. The van der Waals surface area contributed by atoms with Crippen LogP contribution >= 0.6 is 15.6 Å². The Hall–Kier alpha value is -1.94. The van der Waals surface area contributed by atoms with Crippen molar-refractivity contribution in [3.8, 4) is 0 Å². The standard InChI is InChI=1S/C70H136O17P2/c1-9-63(8)49-41-33-25-16-13-14-18-28-37-45-53-70(75)87-66(57-81-68(73)51-43-35-29-21-24-32-40-48-62(6)7)59-85-89(78,79)83-55-64(71)54-82-88(76,77)84-58-65(56-80-67(72)50-42-34-26-20-19-23-31-39-47-61(4)5)86-69(74)52-44-36-27-17-12-10-11-15-22-30-38-46-60(2)3/h60-66,71H,9-59H2,1-8H3,(H,76,77)(H,78,79)/t63?,64?,65-,66-/m1/s1. The maximum absolute atomic E-state index is 13.0. The summed E-state index contributed by atoms with van der Waals surface area (Å²) in [5, 5.41) is 10.6. The summed E-state index contributed by atoms with van der Waals surface area (Å²) in [7, 11) is -9.90. The van der Waals surface area contributed by atoms with Gasteiger partial charge in [0.05, 0.1) is 26.4 Å². The number of esters is 4. The van der Waals surface area contributed by atoms with Crippen LogP contribution in [0.25, 0.3) is 0 Å². The van der Waals surface area contributed by atoms with Crippen molar-refractivity contribution in [3.05, 3.63) is 0 Å². The zero-order valence-corrected chi connectivity index (χ0v) is 59.8. The maximum atomic E-state index is 13.0. The Morgan fingerprint density at radius 1 is 0.315 bits per heavy atom. The molecule has 0 spiro atoms. The molecule has 0 aliphatic rings. The molecule has 0 heterocycles. The fourth-order valence-electron chi connectivity index (χ4n) is 10.5. The summed E-state index contributed by atoms with van der Waals surface area (Å²) >= 11 is 0. The summed E-state index contributed by atoms with van der Waals surface area (Å²) in [5.41, 5.74) is 0. The van der Waals surface area contributed by atoms with Gasteiger partial charge in [0.15, 0.2) is 12.2 Å². The van der Waals surface area contributed by atoms with Crippen LogP contribution in [0.15, 0.2) is 0 Å². The molecule has 0 rings (SSSR count). The molecule has 89 heavy (non-hydrogen) atoms. The van der Waals surface area contributed by atoms with Crippen molar-refractivity contribution in [1.82, 2.24) is 0 Å². The second-order valence-electron chi connectivity index (χ2n) is 26.9. The van der Waals surface area contributed by atoms with Gasteiger partial charge in [0.1, 0.15) is 19.3 Å². The first-order chi connectivity index (χ1) is 42.6. The van der Waals surface area contributed by atoms with Gasteiger partial charge in [0, 0.05) is 25.7 Å². The van der Waals surface area contributed by atoms with Gasteiger partial charge in [0.2, 0.25) is 0 Å². The highest BCUT2D eigenvalue weighted by Crippen LogP contribution is 2.45. The maximum Gasteiger partial charge on any atom is 0.472 e. The highest BCUT2D eigenvalue weighted by Gasteiger charge is 2.30. The number of ether oxygens (including phenoxy) is 4. The van der Waals surface area contributed by atoms with E-state index in [1.54, 1.807) is 0 Å². The average molecular weight is 1310 g/mol. The molecule has 6 atom stereocenters. The van der Waals surface area contributed by atoms with Gasteiger partial charge in [-0.1, -0.05) is 293 Å². The van der Waals surface area contributed by atoms with Crippen LogP contribution < -0.4 is 0 Å². The number of carbonyl (C=O) groups excluding carboxylic acids is 4. The Morgan fingerprint density at radius 2 is 0.539 bits per heavy atom. The SMILES string of the molecule is CCC(C)CCCCCCCCCCCCC(=O)O[C@H](COC(=O)CCCCCCCCCC(C)C)COP(=O)(O)OCC(O)COP(=O)(O)OC[C@@H](COC(=O)CCCCCCCCCCC(C)C)OC(=O)CCCCCCCCCCCCCC(C)C. The van der Waals surface area contributed by atoms with Gasteiger partial charge in [0.25, 0.3) is 0 Å². The Balaban J connectivity index is 5.26. The highest BCUT2D eigenvalue weighted by atomic mass is 31.2. The number of hydrogen-bond donors (Lipinski definition) is 3. The molecule has 0 amide bonds. The van der Waals surface area contributed by atoms with Crippen molar-refractivity contribution >= 4 is 39.5 Å². The second-order valence-corrected chi connectivity index (χ2v) is 29.8. The van der Waals surface area contributed by atoms with E-state index in [0.717, 1.165) is 114 Å². The van der Waals surface area contributed by atoms with Crippen molar-refractivity contribution in [1.29, 1.82) is 0 Å². The second kappa shape index (κ2) is 59.8. The number of rotatable bonds is 67. The van der Waals surface area contributed by atoms with Gasteiger partial charge in [-0.2, -0.15) is 0 Å². The molecule has 528 valence electrons. The van der Waals surface area contributed by atoms with E-state index in [1.165, 1.54) is 141 Å². The van der Waals surface area contributed by atoms with Gasteiger partial charge in [-0.05, 0) is 49.4 Å². The molecule has 0 aromatic heterocycles. The Bertz CT molecular complexity index is 1770. The molecule has 0 aromatic rings. The minimum atomic E-state index is -4.95. The lowest BCUT2D eigenvalue weighted by Gasteiger charge is -2.21.